The monoisotopic (exact) mass is 407 g/mol. The van der Waals surface area contributed by atoms with Crippen LogP contribution >= 0.6 is 11.3 Å². The van der Waals surface area contributed by atoms with E-state index >= 15 is 0 Å². The third-order valence-electron chi connectivity index (χ3n) is 6.27. The number of rotatable bonds is 3. The molecule has 0 spiro atoms. The molecule has 6 nitrogen and oxygen atoms in total. The number of halogens is 2. The number of carbonyl (C=O) groups excluding carboxylic acids is 1. The Balaban J connectivity index is 1.49. The molecule has 3 aliphatic heterocycles. The number of fused-ring (bicyclic) bond motifs is 3. The zero-order valence-electron chi connectivity index (χ0n) is 15.8. The minimum absolute atomic E-state index is 0.0417. The lowest BCUT2D eigenvalue weighted by molar-refractivity contribution is 0.0538. The zero-order chi connectivity index (χ0) is 19.6. The summed E-state index contributed by atoms with van der Waals surface area (Å²) in [6, 6.07) is 1.21. The Morgan fingerprint density at radius 3 is 2.79 bits per heavy atom. The van der Waals surface area contributed by atoms with Crippen LogP contribution in [0, 0.1) is 12.8 Å². The number of piperidine rings is 1. The summed E-state index contributed by atoms with van der Waals surface area (Å²) in [5.74, 6) is 0.596. The van der Waals surface area contributed by atoms with Crippen LogP contribution in [-0.4, -0.2) is 49.9 Å². The smallest absolute Gasteiger partial charge is 0.264 e. The van der Waals surface area contributed by atoms with Crippen molar-refractivity contribution >= 4 is 28.9 Å². The molecule has 0 aliphatic carbocycles. The first-order valence-corrected chi connectivity index (χ1v) is 10.6. The van der Waals surface area contributed by atoms with Gasteiger partial charge in [-0.3, -0.25) is 4.79 Å². The fourth-order valence-corrected chi connectivity index (χ4v) is 5.89. The summed E-state index contributed by atoms with van der Waals surface area (Å²) in [6.45, 7) is 1.99. The Morgan fingerprint density at radius 2 is 2.11 bits per heavy atom. The summed E-state index contributed by atoms with van der Waals surface area (Å²) < 4.78 is 28.8. The van der Waals surface area contributed by atoms with Gasteiger partial charge < -0.3 is 10.2 Å². The predicted molar refractivity (Wildman–Crippen MR) is 104 cm³/mol. The summed E-state index contributed by atoms with van der Waals surface area (Å²) in [6.07, 6.45) is 2.85. The molecule has 5 heterocycles. The van der Waals surface area contributed by atoms with Gasteiger partial charge in [-0.05, 0) is 55.7 Å². The van der Waals surface area contributed by atoms with Gasteiger partial charge in [0, 0.05) is 30.7 Å². The molecule has 150 valence electrons. The van der Waals surface area contributed by atoms with Crippen molar-refractivity contribution in [2.24, 2.45) is 13.0 Å². The number of carbonyl (C=O) groups is 1. The molecule has 2 bridgehead atoms. The zero-order valence-corrected chi connectivity index (χ0v) is 16.6. The van der Waals surface area contributed by atoms with E-state index in [9.17, 15) is 13.6 Å². The van der Waals surface area contributed by atoms with Gasteiger partial charge >= 0.3 is 0 Å². The Morgan fingerprint density at radius 1 is 1.32 bits per heavy atom. The number of hydrogen-bond donors (Lipinski definition) is 1. The number of thiophene rings is 1. The molecule has 1 unspecified atom stereocenters. The third-order valence-corrected chi connectivity index (χ3v) is 7.31. The van der Waals surface area contributed by atoms with Crippen molar-refractivity contribution in [3.63, 3.8) is 0 Å². The molecule has 2 aromatic rings. The summed E-state index contributed by atoms with van der Waals surface area (Å²) in [7, 11) is 1.80. The fraction of sp³-hybridized carbons (Fsp3) is 0.579. The van der Waals surface area contributed by atoms with E-state index in [-0.39, 0.29) is 23.9 Å². The highest BCUT2D eigenvalue weighted by molar-refractivity contribution is 7.12. The van der Waals surface area contributed by atoms with Gasteiger partial charge in [-0.2, -0.15) is 4.80 Å². The SMILES string of the molecule is Cc1csc(C(=O)N2[C@H]3CC[C@H](C4=CC(C(F)F)Nc5nn(C)n54)[C@@H]2CC3)c1. The van der Waals surface area contributed by atoms with Gasteiger partial charge in [-0.25, -0.2) is 13.5 Å². The number of hydrogen-bond acceptors (Lipinski definition) is 4. The van der Waals surface area contributed by atoms with E-state index in [1.165, 1.54) is 11.3 Å². The highest BCUT2D eigenvalue weighted by Crippen LogP contribution is 2.46. The van der Waals surface area contributed by atoms with Crippen molar-refractivity contribution < 1.29 is 13.6 Å². The van der Waals surface area contributed by atoms with E-state index in [1.807, 2.05) is 28.0 Å². The first-order chi connectivity index (χ1) is 13.4. The molecule has 4 atom stereocenters. The molecule has 2 aromatic heterocycles. The Hall–Kier alpha value is -2.16. The van der Waals surface area contributed by atoms with Crippen LogP contribution in [0.5, 0.6) is 0 Å². The van der Waals surface area contributed by atoms with Crippen molar-refractivity contribution in [1.82, 2.24) is 19.5 Å². The highest BCUT2D eigenvalue weighted by Gasteiger charge is 2.48. The van der Waals surface area contributed by atoms with E-state index in [1.54, 1.807) is 17.9 Å². The van der Waals surface area contributed by atoms with Gasteiger partial charge in [-0.15, -0.1) is 16.4 Å². The van der Waals surface area contributed by atoms with Crippen molar-refractivity contribution in [2.75, 3.05) is 5.32 Å². The quantitative estimate of drug-likeness (QED) is 0.846. The van der Waals surface area contributed by atoms with Crippen LogP contribution in [0.2, 0.25) is 0 Å². The van der Waals surface area contributed by atoms with E-state index in [2.05, 4.69) is 10.4 Å². The lowest BCUT2D eigenvalue weighted by Gasteiger charge is -2.43. The van der Waals surface area contributed by atoms with E-state index in [0.29, 0.717) is 5.95 Å². The van der Waals surface area contributed by atoms with Crippen molar-refractivity contribution in [3.8, 4) is 0 Å². The molecule has 5 rings (SSSR count). The number of alkyl halides is 2. The van der Waals surface area contributed by atoms with Crippen LogP contribution in [-0.2, 0) is 7.05 Å². The largest absolute Gasteiger partial charge is 0.341 e. The number of anilines is 1. The number of nitrogens with zero attached hydrogens (tertiary/aromatic N) is 4. The van der Waals surface area contributed by atoms with Gasteiger partial charge in [0.05, 0.1) is 4.88 Å². The first kappa shape index (κ1) is 17.9. The van der Waals surface area contributed by atoms with Crippen LogP contribution in [0.3, 0.4) is 0 Å². The summed E-state index contributed by atoms with van der Waals surface area (Å²) in [5, 5.41) is 8.98. The van der Waals surface area contributed by atoms with E-state index in [4.69, 9.17) is 0 Å². The summed E-state index contributed by atoms with van der Waals surface area (Å²) in [5.41, 5.74) is 1.94. The molecule has 1 N–H and O–H groups in total. The maximum atomic E-state index is 13.4. The molecule has 2 fully saturated rings. The predicted octanol–water partition coefficient (Wildman–Crippen LogP) is 3.58. The second kappa shape index (κ2) is 6.43. The normalized spacial score (nSPS) is 29.0. The second-order valence-electron chi connectivity index (χ2n) is 8.00. The summed E-state index contributed by atoms with van der Waals surface area (Å²) >= 11 is 1.48. The van der Waals surface area contributed by atoms with Crippen LogP contribution in [0.15, 0.2) is 17.5 Å². The molecule has 1 amide bonds. The van der Waals surface area contributed by atoms with Gasteiger partial charge in [0.1, 0.15) is 6.04 Å². The number of nitrogens with one attached hydrogen (secondary N) is 1. The first-order valence-electron chi connectivity index (χ1n) is 9.70. The van der Waals surface area contributed by atoms with E-state index in [0.717, 1.165) is 41.8 Å². The summed E-state index contributed by atoms with van der Waals surface area (Å²) in [4.78, 5) is 17.7. The second-order valence-corrected chi connectivity index (χ2v) is 8.92. The lowest BCUT2D eigenvalue weighted by atomic mass is 9.86. The third kappa shape index (κ3) is 2.62. The molecule has 0 radical (unpaired) electrons. The van der Waals surface area contributed by atoms with Crippen molar-refractivity contribution in [3.05, 3.63) is 28.0 Å². The fourth-order valence-electron chi connectivity index (χ4n) is 5.05. The van der Waals surface area contributed by atoms with Crippen molar-refractivity contribution in [1.29, 1.82) is 0 Å². The highest BCUT2D eigenvalue weighted by atomic mass is 32.1. The van der Waals surface area contributed by atoms with Gasteiger partial charge in [0.15, 0.2) is 0 Å². The Labute approximate surface area is 165 Å². The maximum absolute atomic E-state index is 13.4. The molecule has 3 aliphatic rings. The minimum atomic E-state index is -2.50. The van der Waals surface area contributed by atoms with Crippen LogP contribution in [0.25, 0.3) is 5.70 Å². The number of aromatic nitrogens is 3. The van der Waals surface area contributed by atoms with Gasteiger partial charge in [-0.1, -0.05) is 0 Å². The van der Waals surface area contributed by atoms with Crippen molar-refractivity contribution in [2.45, 2.75) is 57.2 Å². The molecule has 0 saturated carbocycles. The molecule has 9 heteroatoms. The molecule has 0 aromatic carbocycles. The number of amides is 1. The lowest BCUT2D eigenvalue weighted by Crippen LogP contribution is -2.50. The van der Waals surface area contributed by atoms with Crippen LogP contribution in [0.1, 0.15) is 40.9 Å². The molecule has 2 saturated heterocycles. The maximum Gasteiger partial charge on any atom is 0.264 e. The minimum Gasteiger partial charge on any atom is -0.341 e. The average Bonchev–Trinajstić information content (AvgIpc) is 3.21. The molecular weight excluding hydrogens is 384 g/mol. The Kier molecular flexibility index (Phi) is 4.12. The van der Waals surface area contributed by atoms with Gasteiger partial charge in [0.25, 0.3) is 12.3 Å². The van der Waals surface area contributed by atoms with E-state index < -0.39 is 12.5 Å². The standard InChI is InChI=1S/C19H23F2N5OS/c1-10-7-16(28-9-10)18(27)25-11-3-5-12(14(25)6-4-11)15-8-13(17(20)21)22-19-23-24(2)26(15)19/h7-9,11-14,17H,3-6H2,1-2H3,(H,22,23)/t11-,12-,13?,14-/m0/s1. The molecule has 28 heavy (non-hydrogen) atoms. The molecular formula is C19H23F2N5OS. The van der Waals surface area contributed by atoms with Crippen LogP contribution in [0.4, 0.5) is 14.7 Å². The topological polar surface area (TPSA) is 55.1 Å². The Bertz CT molecular complexity index is 945. The number of aryl methyl sites for hydroxylation is 2. The van der Waals surface area contributed by atoms with Gasteiger partial charge in [0.2, 0.25) is 5.95 Å². The average molecular weight is 407 g/mol. The van der Waals surface area contributed by atoms with Crippen LogP contribution < -0.4 is 5.32 Å².